The van der Waals surface area contributed by atoms with Crippen LogP contribution in [0.1, 0.15) is 171 Å². The average molecular weight is 725 g/mol. The lowest BCUT2D eigenvalue weighted by Gasteiger charge is -2.30. The number of rotatable bonds is 13. The number of ketones is 2. The zero-order valence-electron chi connectivity index (χ0n) is 35.4. The Morgan fingerprint density at radius 3 is 1.15 bits per heavy atom. The van der Waals surface area contributed by atoms with Gasteiger partial charge in [-0.15, -0.1) is 0 Å². The summed E-state index contributed by atoms with van der Waals surface area (Å²) in [6.45, 7) is 32.2. The second-order valence-corrected chi connectivity index (χ2v) is 18.3. The van der Waals surface area contributed by atoms with Crippen LogP contribution in [0.4, 0.5) is 0 Å². The second-order valence-electron chi connectivity index (χ2n) is 18.3. The van der Waals surface area contributed by atoms with Crippen LogP contribution < -0.4 is 9.47 Å². The number of aryl methyl sites for hydroxylation is 2. The third-order valence-electron chi connectivity index (χ3n) is 9.35. The summed E-state index contributed by atoms with van der Waals surface area (Å²) in [4.78, 5) is 30.8. The number of nitrogens with one attached hydrogen (secondary N) is 2. The first kappa shape index (κ1) is 43.3. The third kappa shape index (κ3) is 12.2. The fourth-order valence-corrected chi connectivity index (χ4v) is 6.35. The first-order chi connectivity index (χ1) is 24.6. The molecule has 2 heterocycles. The lowest BCUT2D eigenvalue weighted by Crippen LogP contribution is -2.21. The molecule has 0 aliphatic carbocycles. The molecule has 0 bridgehead atoms. The number of aromatic nitrogens is 2. The van der Waals surface area contributed by atoms with Gasteiger partial charge in [0.2, 0.25) is 0 Å². The first-order valence-corrected chi connectivity index (χ1v) is 19.5. The van der Waals surface area contributed by atoms with Crippen molar-refractivity contribution in [2.75, 3.05) is 13.2 Å². The van der Waals surface area contributed by atoms with E-state index in [2.05, 4.69) is 124 Å². The number of hydrogen-bond acceptors (Lipinski definition) is 4. The molecule has 6 nitrogen and oxygen atoms in total. The largest absolute Gasteiger partial charge is 0.493 e. The van der Waals surface area contributed by atoms with E-state index in [0.29, 0.717) is 30.8 Å². The third-order valence-corrected chi connectivity index (χ3v) is 9.35. The molecular weight excluding hydrogens is 657 g/mol. The number of benzene rings is 2. The summed E-state index contributed by atoms with van der Waals surface area (Å²) in [5.41, 5.74) is 8.56. The molecule has 0 unspecified atom stereocenters. The minimum Gasteiger partial charge on any atom is -0.493 e. The number of Topliss-reactive ketones (excluding diaryl/α,β-unsaturated/α-hetero) is 2. The van der Waals surface area contributed by atoms with E-state index in [1.54, 1.807) is 12.4 Å². The van der Waals surface area contributed by atoms with Crippen LogP contribution in [0.5, 0.6) is 11.5 Å². The van der Waals surface area contributed by atoms with E-state index in [1.165, 1.54) is 33.4 Å². The van der Waals surface area contributed by atoms with Crippen LogP contribution in [-0.4, -0.2) is 34.7 Å². The van der Waals surface area contributed by atoms with Crippen molar-refractivity contribution in [1.82, 2.24) is 9.97 Å². The van der Waals surface area contributed by atoms with Crippen molar-refractivity contribution < 1.29 is 19.1 Å². The Morgan fingerprint density at radius 2 is 0.887 bits per heavy atom. The minimum atomic E-state index is -0.0252. The van der Waals surface area contributed by atoms with Gasteiger partial charge in [0.05, 0.1) is 24.6 Å². The summed E-state index contributed by atoms with van der Waals surface area (Å²) in [7, 11) is 0. The van der Waals surface area contributed by atoms with Gasteiger partial charge < -0.3 is 19.4 Å². The van der Waals surface area contributed by atoms with E-state index >= 15 is 0 Å². The average Bonchev–Trinajstić information content (AvgIpc) is 3.80. The second kappa shape index (κ2) is 17.8. The molecule has 0 saturated heterocycles. The Hall–Kier alpha value is -4.06. The predicted molar refractivity (Wildman–Crippen MR) is 222 cm³/mol. The molecular formula is C47H68N2O4. The Morgan fingerprint density at radius 1 is 0.547 bits per heavy atom. The van der Waals surface area contributed by atoms with Crippen LogP contribution in [0.25, 0.3) is 0 Å². The number of carbonyl (C=O) groups is 2. The van der Waals surface area contributed by atoms with Crippen molar-refractivity contribution in [3.05, 3.63) is 106 Å². The van der Waals surface area contributed by atoms with Crippen LogP contribution >= 0.6 is 0 Å². The highest BCUT2D eigenvalue weighted by Gasteiger charge is 2.29. The molecule has 0 amide bonds. The SMILES string of the molecule is CCCOc1c(C(C)(C)C)cc(CCC(=O)c2ccc[nH]2)cc1C(C)(C)C.CCOc1c(C(C)(C)C)cc(CCC(=O)c2ccc[nH]2)cc1C(C)(C)C. The number of carbonyl (C=O) groups excluding carboxylic acids is 2. The molecule has 0 radical (unpaired) electrons. The highest BCUT2D eigenvalue weighted by Crippen LogP contribution is 2.42. The molecule has 6 heteroatoms. The molecule has 2 N–H and O–H groups in total. The molecule has 2 aromatic carbocycles. The number of ether oxygens (including phenoxy) is 2. The maximum atomic E-state index is 12.4. The van der Waals surface area contributed by atoms with Crippen molar-refractivity contribution in [1.29, 1.82) is 0 Å². The van der Waals surface area contributed by atoms with Crippen LogP contribution in [0.3, 0.4) is 0 Å². The van der Waals surface area contributed by atoms with E-state index in [1.807, 2.05) is 31.2 Å². The van der Waals surface area contributed by atoms with E-state index in [-0.39, 0.29) is 33.2 Å². The number of H-pyrrole nitrogens is 2. The van der Waals surface area contributed by atoms with E-state index in [4.69, 9.17) is 9.47 Å². The van der Waals surface area contributed by atoms with Crippen molar-refractivity contribution in [3.63, 3.8) is 0 Å². The standard InChI is InChI=1S/C24H35NO2.C23H33NO2/c1-8-14-27-22-18(23(2,3)4)15-17(16-19(22)24(5,6)7)11-12-21(26)20-10-9-13-25-20;1-8-26-21-17(22(2,3)4)14-16(15-18(21)23(5,6)7)11-12-20(25)19-10-9-13-24-19/h9-10,13,15-16,25H,8,11-12,14H2,1-7H3;9-10,13-15,24H,8,11-12H2,1-7H3. The van der Waals surface area contributed by atoms with Crippen LogP contribution in [0.2, 0.25) is 0 Å². The molecule has 0 spiro atoms. The summed E-state index contributed by atoms with van der Waals surface area (Å²) < 4.78 is 12.3. The Labute approximate surface area is 320 Å². The van der Waals surface area contributed by atoms with Crippen LogP contribution in [-0.2, 0) is 34.5 Å². The maximum Gasteiger partial charge on any atom is 0.179 e. The van der Waals surface area contributed by atoms with Crippen molar-refractivity contribution >= 4 is 11.6 Å². The maximum absolute atomic E-state index is 12.4. The van der Waals surface area contributed by atoms with Gasteiger partial charge in [-0.2, -0.15) is 0 Å². The lowest BCUT2D eigenvalue weighted by atomic mass is 9.78. The molecule has 0 fully saturated rings. The molecule has 290 valence electrons. The highest BCUT2D eigenvalue weighted by atomic mass is 16.5. The number of aromatic amines is 2. The van der Waals surface area contributed by atoms with Gasteiger partial charge in [-0.1, -0.05) is 114 Å². The summed E-state index contributed by atoms with van der Waals surface area (Å²) >= 11 is 0. The molecule has 2 aromatic heterocycles. The topological polar surface area (TPSA) is 84.2 Å². The fraction of sp³-hybridized carbons (Fsp3) is 0.532. The van der Waals surface area contributed by atoms with Gasteiger partial charge in [-0.25, -0.2) is 0 Å². The van der Waals surface area contributed by atoms with Crippen molar-refractivity contribution in [3.8, 4) is 11.5 Å². The van der Waals surface area contributed by atoms with Gasteiger partial charge in [0.1, 0.15) is 11.5 Å². The van der Waals surface area contributed by atoms with Crippen LogP contribution in [0.15, 0.2) is 60.9 Å². The molecule has 53 heavy (non-hydrogen) atoms. The van der Waals surface area contributed by atoms with Gasteiger partial charge in [0, 0.05) is 47.5 Å². The predicted octanol–water partition coefficient (Wildman–Crippen LogP) is 12.0. The zero-order valence-corrected chi connectivity index (χ0v) is 35.4. The van der Waals surface area contributed by atoms with Gasteiger partial charge in [0.25, 0.3) is 0 Å². The minimum absolute atomic E-state index is 0.0238. The first-order valence-electron chi connectivity index (χ1n) is 19.5. The van der Waals surface area contributed by atoms with Gasteiger partial charge in [0.15, 0.2) is 11.6 Å². The van der Waals surface area contributed by atoms with Crippen molar-refractivity contribution in [2.24, 2.45) is 0 Å². The Kier molecular flexibility index (Phi) is 14.6. The zero-order chi connectivity index (χ0) is 39.8. The molecule has 0 aliphatic heterocycles. The highest BCUT2D eigenvalue weighted by molar-refractivity contribution is 5.94. The summed E-state index contributed by atoms with van der Waals surface area (Å²) in [6, 6.07) is 16.3. The summed E-state index contributed by atoms with van der Waals surface area (Å²) in [5, 5.41) is 0. The van der Waals surface area contributed by atoms with Gasteiger partial charge in [-0.3, -0.25) is 9.59 Å². The molecule has 4 rings (SSSR count). The Balaban J connectivity index is 0.000000286. The summed E-state index contributed by atoms with van der Waals surface area (Å²) in [6.07, 6.45) is 7.04. The molecule has 0 atom stereocenters. The monoisotopic (exact) mass is 725 g/mol. The van der Waals surface area contributed by atoms with Gasteiger partial charge >= 0.3 is 0 Å². The lowest BCUT2D eigenvalue weighted by molar-refractivity contribution is 0.0971. The summed E-state index contributed by atoms with van der Waals surface area (Å²) in [5.74, 6) is 2.34. The van der Waals surface area contributed by atoms with Crippen molar-refractivity contribution in [2.45, 2.75) is 151 Å². The molecule has 0 aliphatic rings. The fourth-order valence-electron chi connectivity index (χ4n) is 6.35. The normalized spacial score (nSPS) is 12.3. The van der Waals surface area contributed by atoms with E-state index in [0.717, 1.165) is 37.4 Å². The van der Waals surface area contributed by atoms with Crippen LogP contribution in [0, 0.1) is 0 Å². The Bertz CT molecular complexity index is 1700. The molecule has 0 saturated carbocycles. The molecule has 4 aromatic rings. The van der Waals surface area contributed by atoms with E-state index in [9.17, 15) is 9.59 Å². The smallest absolute Gasteiger partial charge is 0.179 e. The van der Waals surface area contributed by atoms with E-state index < -0.39 is 0 Å². The number of hydrogen-bond donors (Lipinski definition) is 2. The quantitative estimate of drug-likeness (QED) is 0.134. The van der Waals surface area contributed by atoms with Gasteiger partial charge in [-0.05, 0) is 83.2 Å².